The van der Waals surface area contributed by atoms with E-state index in [0.717, 1.165) is 6.07 Å². The van der Waals surface area contributed by atoms with E-state index in [0.29, 0.717) is 0 Å². The number of amides is 1. The van der Waals surface area contributed by atoms with Gasteiger partial charge in [-0.15, -0.1) is 0 Å². The molecule has 1 heterocycles. The molecule has 1 aromatic carbocycles. The summed E-state index contributed by atoms with van der Waals surface area (Å²) in [6.45, 7) is 0. The Kier molecular flexibility index (Phi) is 3.68. The SMILES string of the molecule is N#Cc1cc([N+](=O)[O-])ccc1NC(=O)c1ccc(Cl)o1. The zero-order chi connectivity index (χ0) is 14.7. The summed E-state index contributed by atoms with van der Waals surface area (Å²) in [4.78, 5) is 21.8. The second-order valence-electron chi connectivity index (χ2n) is 3.66. The predicted octanol–water partition coefficient (Wildman–Crippen LogP) is 2.97. The van der Waals surface area contributed by atoms with Crippen LogP contribution in [0.15, 0.2) is 34.7 Å². The topological polar surface area (TPSA) is 109 Å². The lowest BCUT2D eigenvalue weighted by Gasteiger charge is -2.04. The van der Waals surface area contributed by atoms with Gasteiger partial charge in [0.05, 0.1) is 16.2 Å². The smallest absolute Gasteiger partial charge is 0.291 e. The van der Waals surface area contributed by atoms with Crippen LogP contribution in [0.5, 0.6) is 0 Å². The molecule has 0 saturated heterocycles. The molecule has 7 nitrogen and oxygen atoms in total. The number of nitro groups is 1. The number of nitriles is 1. The first-order valence-electron chi connectivity index (χ1n) is 5.26. The number of nitrogens with zero attached hydrogens (tertiary/aromatic N) is 2. The Labute approximate surface area is 117 Å². The van der Waals surface area contributed by atoms with Gasteiger partial charge in [0, 0.05) is 12.1 Å². The highest BCUT2D eigenvalue weighted by Gasteiger charge is 2.15. The third-order valence-electron chi connectivity index (χ3n) is 2.38. The molecule has 8 heteroatoms. The van der Waals surface area contributed by atoms with E-state index in [1.807, 2.05) is 0 Å². The fraction of sp³-hybridized carbons (Fsp3) is 0. The van der Waals surface area contributed by atoms with E-state index >= 15 is 0 Å². The Hall–Kier alpha value is -2.85. The molecule has 0 aliphatic heterocycles. The van der Waals surface area contributed by atoms with Crippen LogP contribution in [-0.4, -0.2) is 10.8 Å². The maximum Gasteiger partial charge on any atom is 0.291 e. The second kappa shape index (κ2) is 5.42. The number of furan rings is 1. The van der Waals surface area contributed by atoms with Crippen LogP contribution < -0.4 is 5.32 Å². The molecule has 100 valence electrons. The molecule has 0 aliphatic rings. The van der Waals surface area contributed by atoms with Crippen LogP contribution in [0.3, 0.4) is 0 Å². The van der Waals surface area contributed by atoms with E-state index in [2.05, 4.69) is 5.32 Å². The highest BCUT2D eigenvalue weighted by atomic mass is 35.5. The molecule has 1 aromatic heterocycles. The van der Waals surface area contributed by atoms with Crippen LogP contribution in [0.1, 0.15) is 16.1 Å². The third-order valence-corrected chi connectivity index (χ3v) is 2.58. The van der Waals surface area contributed by atoms with Gasteiger partial charge in [0.1, 0.15) is 6.07 Å². The Balaban J connectivity index is 2.28. The first-order chi connectivity index (χ1) is 9.51. The second-order valence-corrected chi connectivity index (χ2v) is 4.03. The van der Waals surface area contributed by atoms with Crippen molar-refractivity contribution in [2.24, 2.45) is 0 Å². The molecule has 0 bridgehead atoms. The highest BCUT2D eigenvalue weighted by molar-refractivity contribution is 6.29. The molecule has 2 rings (SSSR count). The molecule has 20 heavy (non-hydrogen) atoms. The summed E-state index contributed by atoms with van der Waals surface area (Å²) < 4.78 is 4.92. The molecule has 1 N–H and O–H groups in total. The summed E-state index contributed by atoms with van der Waals surface area (Å²) in [6.07, 6.45) is 0. The van der Waals surface area contributed by atoms with Gasteiger partial charge in [0.25, 0.3) is 11.6 Å². The van der Waals surface area contributed by atoms with Gasteiger partial charge in [-0.2, -0.15) is 5.26 Å². The van der Waals surface area contributed by atoms with E-state index in [9.17, 15) is 14.9 Å². The molecule has 0 fully saturated rings. The summed E-state index contributed by atoms with van der Waals surface area (Å²) in [5, 5.41) is 22.0. The number of nitro benzene ring substituents is 1. The summed E-state index contributed by atoms with van der Waals surface area (Å²) in [5.41, 5.74) is -0.110. The number of benzene rings is 1. The number of anilines is 1. The van der Waals surface area contributed by atoms with Gasteiger partial charge >= 0.3 is 0 Å². The van der Waals surface area contributed by atoms with Gasteiger partial charge in [0.15, 0.2) is 11.0 Å². The lowest BCUT2D eigenvalue weighted by molar-refractivity contribution is -0.384. The Morgan fingerprint density at radius 2 is 2.15 bits per heavy atom. The van der Waals surface area contributed by atoms with Crippen LogP contribution in [0, 0.1) is 21.4 Å². The average molecular weight is 292 g/mol. The zero-order valence-electron chi connectivity index (χ0n) is 9.79. The molecule has 0 spiro atoms. The summed E-state index contributed by atoms with van der Waals surface area (Å²) in [6, 6.07) is 8.08. The number of nitrogens with one attached hydrogen (secondary N) is 1. The van der Waals surface area contributed by atoms with Crippen molar-refractivity contribution in [2.45, 2.75) is 0 Å². The molecule has 0 aliphatic carbocycles. The standard InChI is InChI=1S/C12H6ClN3O4/c13-11-4-3-10(20-11)12(17)15-9-2-1-8(16(18)19)5-7(9)6-14/h1-5H,(H,15,17). The number of hydrogen-bond acceptors (Lipinski definition) is 5. The molecular weight excluding hydrogens is 286 g/mol. The van der Waals surface area contributed by atoms with E-state index in [4.69, 9.17) is 21.3 Å². The fourth-order valence-corrected chi connectivity index (χ4v) is 1.61. The highest BCUT2D eigenvalue weighted by Crippen LogP contribution is 2.22. The number of carbonyl (C=O) groups excluding carboxylic acids is 1. The predicted molar refractivity (Wildman–Crippen MR) is 69.5 cm³/mol. The first-order valence-corrected chi connectivity index (χ1v) is 5.64. The van der Waals surface area contributed by atoms with Gasteiger partial charge in [0.2, 0.25) is 0 Å². The number of rotatable bonds is 3. The van der Waals surface area contributed by atoms with Crippen molar-refractivity contribution in [1.82, 2.24) is 0 Å². The van der Waals surface area contributed by atoms with Crippen LogP contribution in [0.4, 0.5) is 11.4 Å². The van der Waals surface area contributed by atoms with E-state index < -0.39 is 10.8 Å². The number of halogens is 1. The van der Waals surface area contributed by atoms with E-state index in [1.54, 1.807) is 6.07 Å². The van der Waals surface area contributed by atoms with Crippen molar-refractivity contribution >= 4 is 28.9 Å². The Morgan fingerprint density at radius 1 is 1.40 bits per heavy atom. The van der Waals surface area contributed by atoms with Crippen molar-refractivity contribution in [3.8, 4) is 6.07 Å². The lowest BCUT2D eigenvalue weighted by atomic mass is 10.1. The average Bonchev–Trinajstić information content (AvgIpc) is 2.85. The molecule has 1 amide bonds. The molecule has 0 saturated carbocycles. The van der Waals surface area contributed by atoms with Crippen LogP contribution in [0.25, 0.3) is 0 Å². The van der Waals surface area contributed by atoms with E-state index in [1.165, 1.54) is 24.3 Å². The maximum atomic E-state index is 11.8. The Bertz CT molecular complexity index is 733. The number of carbonyl (C=O) groups is 1. The van der Waals surface area contributed by atoms with Gasteiger partial charge in [-0.3, -0.25) is 14.9 Å². The zero-order valence-corrected chi connectivity index (χ0v) is 10.5. The minimum atomic E-state index is -0.626. The van der Waals surface area contributed by atoms with Crippen molar-refractivity contribution in [3.63, 3.8) is 0 Å². The third kappa shape index (κ3) is 2.76. The molecule has 2 aromatic rings. The maximum absolute atomic E-state index is 11.8. The summed E-state index contributed by atoms with van der Waals surface area (Å²) in [7, 11) is 0. The molecule has 0 unspecified atom stereocenters. The van der Waals surface area contributed by atoms with Gasteiger partial charge in [-0.05, 0) is 29.8 Å². The fourth-order valence-electron chi connectivity index (χ4n) is 1.47. The van der Waals surface area contributed by atoms with Crippen LogP contribution in [0.2, 0.25) is 5.22 Å². The van der Waals surface area contributed by atoms with Crippen molar-refractivity contribution in [1.29, 1.82) is 5.26 Å². The minimum absolute atomic E-state index is 0.0230. The van der Waals surface area contributed by atoms with Crippen molar-refractivity contribution < 1.29 is 14.1 Å². The minimum Gasteiger partial charge on any atom is -0.440 e. The Morgan fingerprint density at radius 3 is 2.70 bits per heavy atom. The van der Waals surface area contributed by atoms with Crippen LogP contribution in [-0.2, 0) is 0 Å². The molecule has 0 radical (unpaired) electrons. The van der Waals surface area contributed by atoms with Crippen molar-refractivity contribution in [3.05, 3.63) is 57.0 Å². The van der Waals surface area contributed by atoms with Crippen LogP contribution >= 0.6 is 11.6 Å². The van der Waals surface area contributed by atoms with Gasteiger partial charge in [-0.1, -0.05) is 0 Å². The largest absolute Gasteiger partial charge is 0.440 e. The first kappa shape index (κ1) is 13.6. The number of hydrogen-bond donors (Lipinski definition) is 1. The molecular formula is C12H6ClN3O4. The van der Waals surface area contributed by atoms with Gasteiger partial charge in [-0.25, -0.2) is 0 Å². The quantitative estimate of drug-likeness (QED) is 0.690. The summed E-state index contributed by atoms with van der Waals surface area (Å²) >= 11 is 5.55. The monoisotopic (exact) mass is 291 g/mol. The normalized spacial score (nSPS) is 9.80. The lowest BCUT2D eigenvalue weighted by Crippen LogP contribution is -2.12. The molecule has 0 atom stereocenters. The summed E-state index contributed by atoms with van der Waals surface area (Å²) in [5.74, 6) is -0.639. The number of non-ortho nitro benzene ring substituents is 1. The van der Waals surface area contributed by atoms with Gasteiger partial charge < -0.3 is 9.73 Å². The van der Waals surface area contributed by atoms with E-state index in [-0.39, 0.29) is 27.9 Å². The van der Waals surface area contributed by atoms with Crippen molar-refractivity contribution in [2.75, 3.05) is 5.32 Å².